The van der Waals surface area contributed by atoms with Crippen LogP contribution in [0.15, 0.2) is 47.6 Å². The Kier molecular flexibility index (Phi) is 25.1. The average molecular weight is 1030 g/mol. The Balaban J connectivity index is 1.66. The fraction of sp³-hybridized carbons (Fsp3) is 0.750. The fourth-order valence-electron chi connectivity index (χ4n) is 10.8. The number of carbonyl (C=O) groups is 6. The van der Waals surface area contributed by atoms with E-state index in [-0.39, 0.29) is 80.7 Å². The van der Waals surface area contributed by atoms with E-state index in [1.165, 1.54) is 12.0 Å². The lowest BCUT2D eigenvalue weighted by Crippen LogP contribution is -2.61. The molecule has 2 saturated heterocycles. The number of allylic oxidation sites excluding steroid dienone is 6. The summed E-state index contributed by atoms with van der Waals surface area (Å²) in [6.07, 6.45) is 10.7. The molecule has 4 aliphatic rings. The van der Waals surface area contributed by atoms with Crippen LogP contribution in [0.2, 0.25) is 0 Å². The standard InChI is InChI=1S/C56H87NO16/c1-12-69-55(64)71-27-26-70-45-24-22-41(31-48(45)67-10)30-37(5)47-33-44(58)36(4)29-39(7)50(60)51(68-11)49(59)38(6)28-34(2)18-14-13-15-19-35(3)46(66-9)32-42-23-21-40(8)56(65,73-42)52(61)53(62)57-25-17-16-20-43(57)54(63)72-47/h13-15,18-19,29,34,37-43,45-48,50-51,60,65H,12,16-17,20-28,30-33H2,1-11H3/t34-,37-,38-,39?,40-,41+,42+,43+,45-,46+,47+,48-,50-,51+,56-/m1/s1. The van der Waals surface area contributed by atoms with Crippen molar-refractivity contribution in [1.29, 1.82) is 0 Å². The lowest BCUT2D eigenvalue weighted by molar-refractivity contribution is -0.265. The summed E-state index contributed by atoms with van der Waals surface area (Å²) in [6.45, 7) is 14.8. The average Bonchev–Trinajstić information content (AvgIpc) is 3.36. The molecule has 0 aromatic heterocycles. The van der Waals surface area contributed by atoms with Gasteiger partial charge in [-0.1, -0.05) is 71.1 Å². The van der Waals surface area contributed by atoms with Gasteiger partial charge in [0.25, 0.3) is 11.7 Å². The molecule has 0 aromatic rings. The van der Waals surface area contributed by atoms with E-state index < -0.39 is 83.9 Å². The molecule has 412 valence electrons. The number of ketones is 3. The van der Waals surface area contributed by atoms with Crippen LogP contribution < -0.4 is 0 Å². The van der Waals surface area contributed by atoms with Crippen LogP contribution in [-0.4, -0.2) is 153 Å². The first kappa shape index (κ1) is 61.4. The van der Waals surface area contributed by atoms with Crippen LogP contribution in [0.25, 0.3) is 0 Å². The molecule has 1 amide bonds. The minimum Gasteiger partial charge on any atom is -0.460 e. The first-order chi connectivity index (χ1) is 34.7. The number of rotatable bonds is 11. The van der Waals surface area contributed by atoms with Crippen molar-refractivity contribution < 1.29 is 76.9 Å². The molecule has 2 bridgehead atoms. The minimum absolute atomic E-state index is 0.00817. The minimum atomic E-state index is -2.45. The second-order valence-corrected chi connectivity index (χ2v) is 21.0. The summed E-state index contributed by atoms with van der Waals surface area (Å²) >= 11 is 0. The van der Waals surface area contributed by atoms with E-state index >= 15 is 0 Å². The topological polar surface area (TPSA) is 220 Å². The largest absolute Gasteiger partial charge is 0.508 e. The number of methoxy groups -OCH3 is 3. The molecule has 1 saturated carbocycles. The molecule has 3 heterocycles. The van der Waals surface area contributed by atoms with Crippen molar-refractivity contribution in [3.05, 3.63) is 47.6 Å². The zero-order chi connectivity index (χ0) is 54.0. The van der Waals surface area contributed by atoms with E-state index in [0.29, 0.717) is 63.4 Å². The number of aliphatic hydroxyl groups is 2. The maximum absolute atomic E-state index is 14.5. The van der Waals surface area contributed by atoms with Crippen molar-refractivity contribution in [2.24, 2.45) is 35.5 Å². The van der Waals surface area contributed by atoms with Gasteiger partial charge in [0.2, 0.25) is 5.79 Å². The Morgan fingerprint density at radius 1 is 0.863 bits per heavy atom. The van der Waals surface area contributed by atoms with Crippen LogP contribution in [0.1, 0.15) is 132 Å². The number of amides is 1. The van der Waals surface area contributed by atoms with Crippen LogP contribution in [-0.2, 0) is 61.9 Å². The van der Waals surface area contributed by atoms with Gasteiger partial charge in [0.1, 0.15) is 24.9 Å². The number of aliphatic hydroxyl groups excluding tert-OH is 1. The molecule has 0 radical (unpaired) electrons. The van der Waals surface area contributed by atoms with Crippen molar-refractivity contribution in [1.82, 2.24) is 4.90 Å². The molecule has 73 heavy (non-hydrogen) atoms. The van der Waals surface area contributed by atoms with E-state index in [1.54, 1.807) is 48.0 Å². The maximum Gasteiger partial charge on any atom is 0.508 e. The summed E-state index contributed by atoms with van der Waals surface area (Å²) < 4.78 is 45.7. The summed E-state index contributed by atoms with van der Waals surface area (Å²) in [5.41, 5.74) is 1.17. The third kappa shape index (κ3) is 17.5. The highest BCUT2D eigenvalue weighted by Gasteiger charge is 2.53. The lowest BCUT2D eigenvalue weighted by Gasteiger charge is -2.42. The molecule has 3 fully saturated rings. The number of esters is 1. The van der Waals surface area contributed by atoms with Gasteiger partial charge in [0.15, 0.2) is 11.6 Å². The van der Waals surface area contributed by atoms with E-state index in [9.17, 15) is 39.0 Å². The summed E-state index contributed by atoms with van der Waals surface area (Å²) in [5.74, 6) is -8.16. The van der Waals surface area contributed by atoms with Gasteiger partial charge in [0.05, 0.1) is 43.7 Å². The first-order valence-corrected chi connectivity index (χ1v) is 26.6. The van der Waals surface area contributed by atoms with Crippen molar-refractivity contribution >= 4 is 35.4 Å². The van der Waals surface area contributed by atoms with Crippen molar-refractivity contribution in [3.63, 3.8) is 0 Å². The molecular formula is C56H87NO16. The van der Waals surface area contributed by atoms with E-state index in [0.717, 1.165) is 12.0 Å². The number of Topliss-reactive ketones (excluding diaryl/α,β-unsaturated/α-hetero) is 3. The number of hydrogen-bond acceptors (Lipinski definition) is 16. The summed E-state index contributed by atoms with van der Waals surface area (Å²) in [5, 5.41) is 23.5. The molecule has 15 atom stereocenters. The Morgan fingerprint density at radius 2 is 1.60 bits per heavy atom. The number of nitrogens with zero attached hydrogens (tertiary/aromatic N) is 1. The van der Waals surface area contributed by atoms with Gasteiger partial charge >= 0.3 is 12.1 Å². The van der Waals surface area contributed by atoms with Crippen molar-refractivity contribution in [2.45, 2.75) is 187 Å². The zero-order valence-electron chi connectivity index (χ0n) is 45.4. The van der Waals surface area contributed by atoms with Gasteiger partial charge < -0.3 is 53.0 Å². The summed E-state index contributed by atoms with van der Waals surface area (Å²) in [7, 11) is 4.56. The SMILES string of the molecule is CCOC(=O)OCCO[C@@H]1CC[C@@H](C[C@@H](C)[C@@H]2CC(=O)C(C)=CC(C)[C@@H](O)[C@@H](OC)C(=O)[C@H](C)C[C@H](C)C=CC=CC=C(C)[C@@H](OC)C[C@@H]3CC[C@@H](C)[C@@](O)(O3)C(=O)C(=O)N3CCCC[C@H]3C(=O)O2)C[C@H]1OC. The van der Waals surface area contributed by atoms with Gasteiger partial charge in [-0.2, -0.15) is 0 Å². The number of cyclic esters (lactones) is 1. The molecule has 3 aliphatic heterocycles. The van der Waals surface area contributed by atoms with Gasteiger partial charge in [0, 0.05) is 58.5 Å². The monoisotopic (exact) mass is 1030 g/mol. The fourth-order valence-corrected chi connectivity index (χ4v) is 10.8. The molecular weight excluding hydrogens is 943 g/mol. The third-order valence-corrected chi connectivity index (χ3v) is 15.4. The lowest BCUT2D eigenvalue weighted by atomic mass is 9.78. The Bertz CT molecular complexity index is 1960. The molecule has 1 unspecified atom stereocenters. The second-order valence-electron chi connectivity index (χ2n) is 21.0. The zero-order valence-corrected chi connectivity index (χ0v) is 45.4. The van der Waals surface area contributed by atoms with Crippen LogP contribution in [0.4, 0.5) is 4.79 Å². The van der Waals surface area contributed by atoms with Crippen LogP contribution in [0, 0.1) is 35.5 Å². The molecule has 0 spiro atoms. The summed E-state index contributed by atoms with van der Waals surface area (Å²) in [6, 6.07) is -1.17. The van der Waals surface area contributed by atoms with Gasteiger partial charge in [-0.25, -0.2) is 9.59 Å². The third-order valence-electron chi connectivity index (χ3n) is 15.4. The first-order valence-electron chi connectivity index (χ1n) is 26.6. The highest BCUT2D eigenvalue weighted by atomic mass is 16.7. The molecule has 4 rings (SSSR count). The molecule has 2 N–H and O–H groups in total. The van der Waals surface area contributed by atoms with Gasteiger partial charge in [-0.15, -0.1) is 0 Å². The maximum atomic E-state index is 14.5. The Labute approximate surface area is 433 Å². The molecule has 1 aliphatic carbocycles. The molecule has 0 aromatic carbocycles. The van der Waals surface area contributed by atoms with E-state index in [1.807, 2.05) is 58.1 Å². The Hall–Kier alpha value is -4.10. The number of hydrogen-bond donors (Lipinski definition) is 2. The second kappa shape index (κ2) is 29.8. The van der Waals surface area contributed by atoms with Crippen molar-refractivity contribution in [3.8, 4) is 0 Å². The molecule has 17 nitrogen and oxygen atoms in total. The van der Waals surface area contributed by atoms with Gasteiger partial charge in [-0.3, -0.25) is 19.2 Å². The number of piperidine rings is 1. The Morgan fingerprint density at radius 3 is 2.29 bits per heavy atom. The highest BCUT2D eigenvalue weighted by Crippen LogP contribution is 2.38. The van der Waals surface area contributed by atoms with Crippen LogP contribution in [0.5, 0.6) is 0 Å². The smallest absolute Gasteiger partial charge is 0.460 e. The summed E-state index contributed by atoms with van der Waals surface area (Å²) in [4.78, 5) is 84.1. The normalized spacial score (nSPS) is 34.8. The predicted octanol–water partition coefficient (Wildman–Crippen LogP) is 7.38. The van der Waals surface area contributed by atoms with Crippen LogP contribution in [0.3, 0.4) is 0 Å². The predicted molar refractivity (Wildman–Crippen MR) is 272 cm³/mol. The molecule has 17 heteroatoms. The quantitative estimate of drug-likeness (QED) is 0.117. The van der Waals surface area contributed by atoms with Crippen molar-refractivity contribution in [2.75, 3.05) is 47.7 Å². The highest BCUT2D eigenvalue weighted by molar-refractivity contribution is 6.39. The number of ether oxygens (including phenoxy) is 8. The van der Waals surface area contributed by atoms with Gasteiger partial charge in [-0.05, 0) is 114 Å². The number of carbonyl (C=O) groups excluding carboxylic acids is 6. The van der Waals surface area contributed by atoms with E-state index in [4.69, 9.17) is 37.9 Å². The van der Waals surface area contributed by atoms with E-state index in [2.05, 4.69) is 0 Å². The number of fused-ring (bicyclic) bond motifs is 3. The van der Waals surface area contributed by atoms with Crippen LogP contribution >= 0.6 is 0 Å².